The molecule has 1 saturated heterocycles. The molecule has 110 valence electrons. The third-order valence-electron chi connectivity index (χ3n) is 4.21. The van der Waals surface area contributed by atoms with Gasteiger partial charge >= 0.3 is 0 Å². The van der Waals surface area contributed by atoms with Crippen LogP contribution in [0.4, 0.5) is 5.69 Å². The summed E-state index contributed by atoms with van der Waals surface area (Å²) in [5, 5.41) is 14.2. The molecule has 2 amide bonds. The van der Waals surface area contributed by atoms with Crippen molar-refractivity contribution in [1.29, 1.82) is 0 Å². The topological polar surface area (TPSA) is 82.5 Å². The van der Waals surface area contributed by atoms with E-state index in [0.717, 1.165) is 5.39 Å². The van der Waals surface area contributed by atoms with Gasteiger partial charge in [-0.3, -0.25) is 19.5 Å². The van der Waals surface area contributed by atoms with E-state index in [4.69, 9.17) is 0 Å². The fourth-order valence-corrected chi connectivity index (χ4v) is 3.19. The Bertz CT molecular complexity index is 859. The number of aromatic hydroxyl groups is 1. The molecule has 1 fully saturated rings. The van der Waals surface area contributed by atoms with E-state index in [-0.39, 0.29) is 23.1 Å². The van der Waals surface area contributed by atoms with Crippen molar-refractivity contribution >= 4 is 28.3 Å². The maximum absolute atomic E-state index is 12.8. The lowest BCUT2D eigenvalue weighted by Crippen LogP contribution is -2.51. The number of nitrogens with zero attached hydrogens (tertiary/aromatic N) is 2. The Morgan fingerprint density at radius 1 is 1.32 bits per heavy atom. The summed E-state index contributed by atoms with van der Waals surface area (Å²) in [4.78, 5) is 30.6. The number of phenols is 1. The van der Waals surface area contributed by atoms with Crippen molar-refractivity contribution in [2.24, 2.45) is 0 Å². The van der Waals surface area contributed by atoms with Gasteiger partial charge in [0.15, 0.2) is 0 Å². The first-order valence-electron chi connectivity index (χ1n) is 7.00. The molecule has 2 N–H and O–H groups in total. The SMILES string of the molecule is C=C1CCC(N2C(=O)c3c(O)ccc4cncc2c34)C(=O)N1. The average molecular weight is 295 g/mol. The molecule has 6 heteroatoms. The summed E-state index contributed by atoms with van der Waals surface area (Å²) in [6, 6.07) is 2.58. The van der Waals surface area contributed by atoms with Crippen LogP contribution in [0.3, 0.4) is 0 Å². The number of hydrogen-bond donors (Lipinski definition) is 2. The second-order valence-electron chi connectivity index (χ2n) is 5.54. The highest BCUT2D eigenvalue weighted by Crippen LogP contribution is 2.42. The second-order valence-corrected chi connectivity index (χ2v) is 5.54. The van der Waals surface area contributed by atoms with Crippen LogP contribution in [0.5, 0.6) is 5.75 Å². The summed E-state index contributed by atoms with van der Waals surface area (Å²) in [6.45, 7) is 3.75. The first kappa shape index (κ1) is 12.8. The molecule has 6 nitrogen and oxygen atoms in total. The lowest BCUT2D eigenvalue weighted by atomic mass is 10.0. The van der Waals surface area contributed by atoms with Crippen LogP contribution in [-0.4, -0.2) is 27.9 Å². The largest absolute Gasteiger partial charge is 0.507 e. The normalized spacial score (nSPS) is 20.6. The highest BCUT2D eigenvalue weighted by molar-refractivity contribution is 6.27. The molecular formula is C16H13N3O3. The maximum Gasteiger partial charge on any atom is 0.263 e. The van der Waals surface area contributed by atoms with Gasteiger partial charge in [0, 0.05) is 22.7 Å². The van der Waals surface area contributed by atoms with Gasteiger partial charge in [0.2, 0.25) is 5.91 Å². The average Bonchev–Trinajstić information content (AvgIpc) is 2.78. The van der Waals surface area contributed by atoms with Gasteiger partial charge in [-0.2, -0.15) is 0 Å². The van der Waals surface area contributed by atoms with E-state index in [1.165, 1.54) is 11.0 Å². The third kappa shape index (κ3) is 1.57. The molecule has 0 radical (unpaired) electrons. The number of carbonyl (C=O) groups is 2. The first-order valence-corrected chi connectivity index (χ1v) is 7.00. The fraction of sp³-hybridized carbons (Fsp3) is 0.188. The maximum atomic E-state index is 12.8. The van der Waals surface area contributed by atoms with E-state index in [1.54, 1.807) is 18.5 Å². The van der Waals surface area contributed by atoms with Gasteiger partial charge in [-0.15, -0.1) is 0 Å². The van der Waals surface area contributed by atoms with E-state index in [9.17, 15) is 14.7 Å². The zero-order valence-corrected chi connectivity index (χ0v) is 11.7. The van der Waals surface area contributed by atoms with Crippen molar-refractivity contribution < 1.29 is 14.7 Å². The van der Waals surface area contributed by atoms with Crippen LogP contribution in [0.2, 0.25) is 0 Å². The van der Waals surface area contributed by atoms with E-state index in [0.29, 0.717) is 29.6 Å². The number of phenolic OH excluding ortho intramolecular Hbond substituents is 1. The smallest absolute Gasteiger partial charge is 0.263 e. The van der Waals surface area contributed by atoms with Gasteiger partial charge in [0.05, 0.1) is 17.4 Å². The Hall–Kier alpha value is -2.89. The number of rotatable bonds is 1. The minimum atomic E-state index is -0.614. The molecule has 0 aliphatic carbocycles. The van der Waals surface area contributed by atoms with Crippen LogP contribution in [0, 0.1) is 0 Å². The lowest BCUT2D eigenvalue weighted by molar-refractivity contribution is -0.122. The Labute approximate surface area is 126 Å². The molecule has 0 bridgehead atoms. The Balaban J connectivity index is 1.89. The molecule has 0 spiro atoms. The molecular weight excluding hydrogens is 282 g/mol. The zero-order valence-electron chi connectivity index (χ0n) is 11.7. The summed E-state index contributed by atoms with van der Waals surface area (Å²) in [5.74, 6) is -0.694. The standard InChI is InChI=1S/C16H13N3O3/c1-8-2-4-10(15(21)18-8)19-11-7-17-6-9-3-5-12(20)14(13(9)11)16(19)22/h3,5-7,10,20H,1-2,4H2,(H,18,21). The van der Waals surface area contributed by atoms with Crippen molar-refractivity contribution in [3.8, 4) is 5.75 Å². The predicted molar refractivity (Wildman–Crippen MR) is 80.5 cm³/mol. The van der Waals surface area contributed by atoms with Crippen LogP contribution in [0.1, 0.15) is 23.2 Å². The summed E-state index contributed by atoms with van der Waals surface area (Å²) in [7, 11) is 0. The second kappa shape index (κ2) is 4.30. The molecule has 2 aliphatic heterocycles. The van der Waals surface area contributed by atoms with Crippen molar-refractivity contribution in [2.75, 3.05) is 4.90 Å². The minimum Gasteiger partial charge on any atom is -0.507 e. The van der Waals surface area contributed by atoms with Gasteiger partial charge in [-0.05, 0) is 25.0 Å². The number of pyridine rings is 1. The van der Waals surface area contributed by atoms with E-state index in [1.807, 2.05) is 0 Å². The monoisotopic (exact) mass is 295 g/mol. The van der Waals surface area contributed by atoms with Gasteiger partial charge in [0.1, 0.15) is 11.8 Å². The first-order chi connectivity index (χ1) is 10.6. The molecule has 1 aromatic heterocycles. The minimum absolute atomic E-state index is 0.0759. The van der Waals surface area contributed by atoms with Gasteiger partial charge < -0.3 is 10.4 Å². The number of hydrogen-bond acceptors (Lipinski definition) is 4. The number of piperidine rings is 1. The summed E-state index contributed by atoms with van der Waals surface area (Å²) < 4.78 is 0. The summed E-state index contributed by atoms with van der Waals surface area (Å²) in [5.41, 5.74) is 1.47. The van der Waals surface area contributed by atoms with Gasteiger partial charge in [-0.25, -0.2) is 0 Å². The van der Waals surface area contributed by atoms with Crippen LogP contribution in [-0.2, 0) is 4.79 Å². The van der Waals surface area contributed by atoms with E-state index in [2.05, 4.69) is 16.9 Å². The van der Waals surface area contributed by atoms with Crippen LogP contribution < -0.4 is 10.2 Å². The summed E-state index contributed by atoms with van der Waals surface area (Å²) in [6.07, 6.45) is 4.32. The highest BCUT2D eigenvalue weighted by Gasteiger charge is 2.41. The van der Waals surface area contributed by atoms with Crippen molar-refractivity contribution in [1.82, 2.24) is 10.3 Å². The van der Waals surface area contributed by atoms with Crippen LogP contribution in [0.15, 0.2) is 36.8 Å². The van der Waals surface area contributed by atoms with E-state index >= 15 is 0 Å². The third-order valence-corrected chi connectivity index (χ3v) is 4.21. The molecule has 22 heavy (non-hydrogen) atoms. The van der Waals surface area contributed by atoms with Gasteiger partial charge in [0.25, 0.3) is 5.91 Å². The Kier molecular flexibility index (Phi) is 2.51. The number of amides is 2. The lowest BCUT2D eigenvalue weighted by Gasteiger charge is -2.31. The highest BCUT2D eigenvalue weighted by atomic mass is 16.3. The summed E-state index contributed by atoms with van der Waals surface area (Å²) >= 11 is 0. The molecule has 3 heterocycles. The molecule has 1 atom stereocenters. The number of nitrogens with one attached hydrogen (secondary N) is 1. The number of allylic oxidation sites excluding steroid dienone is 1. The Morgan fingerprint density at radius 2 is 2.14 bits per heavy atom. The number of anilines is 1. The molecule has 2 aromatic rings. The van der Waals surface area contributed by atoms with E-state index < -0.39 is 6.04 Å². The van der Waals surface area contributed by atoms with Crippen molar-refractivity contribution in [3.63, 3.8) is 0 Å². The quantitative estimate of drug-likeness (QED) is 0.838. The molecule has 0 saturated carbocycles. The van der Waals surface area contributed by atoms with Crippen LogP contribution >= 0.6 is 0 Å². The molecule has 2 aliphatic rings. The molecule has 1 aromatic carbocycles. The number of benzene rings is 1. The Morgan fingerprint density at radius 3 is 2.91 bits per heavy atom. The van der Waals surface area contributed by atoms with Crippen LogP contribution in [0.25, 0.3) is 10.8 Å². The van der Waals surface area contributed by atoms with Gasteiger partial charge in [-0.1, -0.05) is 6.58 Å². The van der Waals surface area contributed by atoms with Crippen molar-refractivity contribution in [3.05, 3.63) is 42.4 Å². The number of carbonyl (C=O) groups excluding carboxylic acids is 2. The molecule has 4 rings (SSSR count). The fourth-order valence-electron chi connectivity index (χ4n) is 3.19. The van der Waals surface area contributed by atoms with Crippen molar-refractivity contribution in [2.45, 2.75) is 18.9 Å². The zero-order chi connectivity index (χ0) is 15.4. The predicted octanol–water partition coefficient (Wildman–Crippen LogP) is 1.69. The molecule has 1 unspecified atom stereocenters. The number of aromatic nitrogens is 1.